The molecular weight excluding hydrogens is 182 g/mol. The van der Waals surface area contributed by atoms with Gasteiger partial charge < -0.3 is 0 Å². The third kappa shape index (κ3) is 1.58. The van der Waals surface area contributed by atoms with Crippen molar-refractivity contribution in [2.45, 2.75) is 13.8 Å². The SMILES string of the molecule is Cc1nc(C)c(-c2ccn[c]n2)s1. The normalized spacial score (nSPS) is 10.3. The summed E-state index contributed by atoms with van der Waals surface area (Å²) in [4.78, 5) is 13.3. The highest BCUT2D eigenvalue weighted by Gasteiger charge is 2.07. The lowest BCUT2D eigenvalue weighted by molar-refractivity contribution is 1.14. The summed E-state index contributed by atoms with van der Waals surface area (Å²) in [7, 11) is 0. The second-order valence-corrected chi connectivity index (χ2v) is 3.89. The predicted octanol–water partition coefficient (Wildman–Crippen LogP) is 2.02. The first-order chi connectivity index (χ1) is 6.27. The van der Waals surface area contributed by atoms with Crippen LogP contribution in [0.1, 0.15) is 10.7 Å². The van der Waals surface area contributed by atoms with E-state index in [4.69, 9.17) is 0 Å². The summed E-state index contributed by atoms with van der Waals surface area (Å²) in [5.41, 5.74) is 1.92. The van der Waals surface area contributed by atoms with Crippen LogP contribution in [0.15, 0.2) is 12.3 Å². The van der Waals surface area contributed by atoms with Crippen molar-refractivity contribution in [1.29, 1.82) is 0 Å². The van der Waals surface area contributed by atoms with E-state index in [0.29, 0.717) is 0 Å². The summed E-state index contributed by atoms with van der Waals surface area (Å²) in [5.74, 6) is 0. The van der Waals surface area contributed by atoms with E-state index < -0.39 is 0 Å². The number of rotatable bonds is 1. The topological polar surface area (TPSA) is 38.7 Å². The van der Waals surface area contributed by atoms with E-state index in [1.165, 1.54) is 0 Å². The van der Waals surface area contributed by atoms with Gasteiger partial charge in [-0.3, -0.25) is 0 Å². The molecule has 65 valence electrons. The lowest BCUT2D eigenvalue weighted by Gasteiger charge is -1.93. The summed E-state index contributed by atoms with van der Waals surface area (Å²) >= 11 is 1.65. The molecule has 0 saturated carbocycles. The fourth-order valence-corrected chi connectivity index (χ4v) is 2.05. The van der Waals surface area contributed by atoms with Gasteiger partial charge in [0, 0.05) is 6.20 Å². The summed E-state index contributed by atoms with van der Waals surface area (Å²) < 4.78 is 0. The van der Waals surface area contributed by atoms with Gasteiger partial charge >= 0.3 is 0 Å². The van der Waals surface area contributed by atoms with Crippen LogP contribution in [0.5, 0.6) is 0 Å². The van der Waals surface area contributed by atoms with Crippen molar-refractivity contribution in [2.24, 2.45) is 0 Å². The van der Waals surface area contributed by atoms with Gasteiger partial charge in [-0.2, -0.15) is 0 Å². The number of nitrogens with zero attached hydrogens (tertiary/aromatic N) is 3. The molecule has 2 rings (SSSR count). The van der Waals surface area contributed by atoms with Crippen molar-refractivity contribution in [2.75, 3.05) is 0 Å². The molecule has 0 aliphatic heterocycles. The summed E-state index contributed by atoms with van der Waals surface area (Å²) in [6.07, 6.45) is 4.27. The van der Waals surface area contributed by atoms with Gasteiger partial charge in [0.05, 0.1) is 21.3 Å². The van der Waals surface area contributed by atoms with Gasteiger partial charge in [-0.1, -0.05) is 0 Å². The van der Waals surface area contributed by atoms with Crippen molar-refractivity contribution >= 4 is 11.3 Å². The molecule has 0 spiro atoms. The molecule has 2 aromatic rings. The van der Waals surface area contributed by atoms with Crippen molar-refractivity contribution in [3.05, 3.63) is 29.3 Å². The van der Waals surface area contributed by atoms with Crippen LogP contribution in [-0.4, -0.2) is 15.0 Å². The standard InChI is InChI=1S/C9H8N3S/c1-6-9(13-7(2)12-6)8-3-4-10-5-11-8/h3-4H,1-2H3. The Balaban J connectivity index is 2.53. The van der Waals surface area contributed by atoms with Gasteiger partial charge in [0.1, 0.15) is 0 Å². The van der Waals surface area contributed by atoms with E-state index in [1.807, 2.05) is 19.9 Å². The number of aromatic nitrogens is 3. The Hall–Kier alpha value is -1.29. The van der Waals surface area contributed by atoms with Gasteiger partial charge in [0.25, 0.3) is 0 Å². The van der Waals surface area contributed by atoms with Crippen LogP contribution in [0.3, 0.4) is 0 Å². The fraction of sp³-hybridized carbons (Fsp3) is 0.222. The molecule has 0 aromatic carbocycles. The zero-order valence-electron chi connectivity index (χ0n) is 7.40. The Bertz CT molecular complexity index is 408. The first-order valence-electron chi connectivity index (χ1n) is 3.91. The van der Waals surface area contributed by atoms with Gasteiger partial charge in [-0.05, 0) is 19.9 Å². The molecule has 2 aromatic heterocycles. The van der Waals surface area contributed by atoms with Crippen LogP contribution in [0, 0.1) is 20.2 Å². The van der Waals surface area contributed by atoms with Crippen LogP contribution < -0.4 is 0 Å². The minimum Gasteiger partial charge on any atom is -0.246 e. The maximum Gasteiger partial charge on any atom is 0.198 e. The highest BCUT2D eigenvalue weighted by atomic mass is 32.1. The maximum atomic E-state index is 4.33. The lowest BCUT2D eigenvalue weighted by Crippen LogP contribution is -1.83. The average Bonchev–Trinajstić information content (AvgIpc) is 2.47. The van der Waals surface area contributed by atoms with E-state index in [9.17, 15) is 0 Å². The smallest absolute Gasteiger partial charge is 0.198 e. The molecule has 0 amide bonds. The molecule has 0 unspecified atom stereocenters. The molecule has 0 N–H and O–H groups in total. The molecule has 3 nitrogen and oxygen atoms in total. The molecule has 0 atom stereocenters. The predicted molar refractivity (Wildman–Crippen MR) is 51.5 cm³/mol. The highest BCUT2D eigenvalue weighted by molar-refractivity contribution is 7.15. The van der Waals surface area contributed by atoms with Crippen LogP contribution in [0.4, 0.5) is 0 Å². The fourth-order valence-electron chi connectivity index (χ4n) is 1.16. The zero-order chi connectivity index (χ0) is 9.26. The number of hydrogen-bond acceptors (Lipinski definition) is 4. The van der Waals surface area contributed by atoms with Gasteiger partial charge in [0.15, 0.2) is 6.33 Å². The van der Waals surface area contributed by atoms with Crippen molar-refractivity contribution in [3.63, 3.8) is 0 Å². The Kier molecular flexibility index (Phi) is 2.06. The monoisotopic (exact) mass is 190 g/mol. The summed E-state index contributed by atoms with van der Waals surface area (Å²) in [6, 6.07) is 1.87. The van der Waals surface area contributed by atoms with E-state index in [1.54, 1.807) is 17.5 Å². The van der Waals surface area contributed by atoms with Crippen molar-refractivity contribution in [1.82, 2.24) is 15.0 Å². The van der Waals surface area contributed by atoms with Gasteiger partial charge in [-0.25, -0.2) is 15.0 Å². The number of hydrogen-bond donors (Lipinski definition) is 0. The zero-order valence-corrected chi connectivity index (χ0v) is 8.22. The average molecular weight is 190 g/mol. The molecule has 0 fully saturated rings. The summed E-state index contributed by atoms with van der Waals surface area (Å²) in [5, 5.41) is 1.06. The second kappa shape index (κ2) is 3.22. The van der Waals surface area contributed by atoms with E-state index >= 15 is 0 Å². The van der Waals surface area contributed by atoms with Crippen molar-refractivity contribution < 1.29 is 0 Å². The van der Waals surface area contributed by atoms with Crippen LogP contribution >= 0.6 is 11.3 Å². The van der Waals surface area contributed by atoms with Gasteiger partial charge in [-0.15, -0.1) is 11.3 Å². The molecule has 4 heteroatoms. The molecule has 0 saturated heterocycles. The first-order valence-corrected chi connectivity index (χ1v) is 4.72. The van der Waals surface area contributed by atoms with E-state index in [0.717, 1.165) is 21.3 Å². The first kappa shape index (κ1) is 8.31. The Morgan fingerprint density at radius 1 is 1.38 bits per heavy atom. The molecule has 0 aliphatic rings. The van der Waals surface area contributed by atoms with Gasteiger partial charge in [0.2, 0.25) is 0 Å². The van der Waals surface area contributed by atoms with Crippen LogP contribution in [0.2, 0.25) is 0 Å². The van der Waals surface area contributed by atoms with Crippen molar-refractivity contribution in [3.8, 4) is 10.6 Å². The molecule has 0 bridgehead atoms. The van der Waals surface area contributed by atoms with E-state index in [2.05, 4.69) is 21.3 Å². The number of thiazole rings is 1. The number of aryl methyl sites for hydroxylation is 2. The van der Waals surface area contributed by atoms with Crippen LogP contribution in [-0.2, 0) is 0 Å². The third-order valence-corrected chi connectivity index (χ3v) is 2.77. The second-order valence-electron chi connectivity index (χ2n) is 2.69. The minimum atomic E-state index is 0.901. The Morgan fingerprint density at radius 3 is 2.77 bits per heavy atom. The quantitative estimate of drug-likeness (QED) is 0.690. The summed E-state index contributed by atoms with van der Waals surface area (Å²) in [6.45, 7) is 3.98. The highest BCUT2D eigenvalue weighted by Crippen LogP contribution is 2.27. The minimum absolute atomic E-state index is 0.901. The third-order valence-electron chi connectivity index (χ3n) is 1.67. The van der Waals surface area contributed by atoms with Crippen LogP contribution in [0.25, 0.3) is 10.6 Å². The Morgan fingerprint density at radius 2 is 2.23 bits per heavy atom. The molecule has 2 heterocycles. The van der Waals surface area contributed by atoms with E-state index in [-0.39, 0.29) is 0 Å². The Labute approximate surface area is 80.5 Å². The molecule has 0 aliphatic carbocycles. The largest absolute Gasteiger partial charge is 0.246 e. The molecule has 1 radical (unpaired) electrons. The maximum absolute atomic E-state index is 4.33. The molecule has 13 heavy (non-hydrogen) atoms. The lowest BCUT2D eigenvalue weighted by atomic mass is 10.3. The molecular formula is C9H8N3S.